The van der Waals surface area contributed by atoms with E-state index in [1.54, 1.807) is 30.0 Å². The third kappa shape index (κ3) is 3.87. The number of amides is 1. The van der Waals surface area contributed by atoms with Crippen molar-refractivity contribution in [3.05, 3.63) is 28.8 Å². The van der Waals surface area contributed by atoms with Crippen molar-refractivity contribution in [2.45, 2.75) is 13.8 Å². The molecular formula is C14H17ClN2O2. The monoisotopic (exact) mass is 280 g/mol. The van der Waals surface area contributed by atoms with Crippen molar-refractivity contribution in [3.63, 3.8) is 0 Å². The van der Waals surface area contributed by atoms with E-state index >= 15 is 0 Å². The number of carbonyl (C=O) groups excluding carboxylic acids is 1. The van der Waals surface area contributed by atoms with Crippen molar-refractivity contribution in [2.24, 2.45) is 5.92 Å². The van der Waals surface area contributed by atoms with Gasteiger partial charge in [0.15, 0.2) is 0 Å². The van der Waals surface area contributed by atoms with Crippen LogP contribution in [0.25, 0.3) is 0 Å². The van der Waals surface area contributed by atoms with Gasteiger partial charge in [-0.15, -0.1) is 0 Å². The Kier molecular flexibility index (Phi) is 5.65. The predicted molar refractivity (Wildman–Crippen MR) is 74.4 cm³/mol. The zero-order valence-electron chi connectivity index (χ0n) is 11.3. The number of hydrogen-bond acceptors (Lipinski definition) is 3. The first-order valence-electron chi connectivity index (χ1n) is 6.05. The maximum absolute atomic E-state index is 12.4. The normalized spacial score (nSPS) is 11.5. The van der Waals surface area contributed by atoms with Crippen LogP contribution >= 0.6 is 11.6 Å². The van der Waals surface area contributed by atoms with E-state index in [2.05, 4.69) is 6.07 Å². The molecule has 0 aliphatic rings. The van der Waals surface area contributed by atoms with Crippen LogP contribution in [0, 0.1) is 17.2 Å². The smallest absolute Gasteiger partial charge is 0.257 e. The molecule has 1 atom stereocenters. The minimum atomic E-state index is -0.214. The standard InChI is InChI=1S/C14H17ClN2O2/c1-4-17(9-10(2)8-16)14(18)12-7-11(15)5-6-13(12)19-3/h5-7,10H,4,9H2,1-3H3. The molecule has 0 heterocycles. The molecule has 0 aliphatic carbocycles. The van der Waals surface area contributed by atoms with Crippen LogP contribution in [0.2, 0.25) is 5.02 Å². The summed E-state index contributed by atoms with van der Waals surface area (Å²) in [6.45, 7) is 4.58. The molecule has 1 aromatic rings. The molecule has 4 nitrogen and oxygen atoms in total. The molecule has 1 unspecified atom stereocenters. The first kappa shape index (κ1) is 15.3. The fourth-order valence-corrected chi connectivity index (χ4v) is 1.92. The van der Waals surface area contributed by atoms with E-state index in [9.17, 15) is 4.79 Å². The van der Waals surface area contributed by atoms with Crippen LogP contribution < -0.4 is 4.74 Å². The number of nitrogens with zero attached hydrogens (tertiary/aromatic N) is 2. The highest BCUT2D eigenvalue weighted by atomic mass is 35.5. The second kappa shape index (κ2) is 7.01. The van der Waals surface area contributed by atoms with Crippen LogP contribution in [0.4, 0.5) is 0 Å². The Morgan fingerprint density at radius 3 is 2.79 bits per heavy atom. The van der Waals surface area contributed by atoms with E-state index in [1.165, 1.54) is 7.11 Å². The summed E-state index contributed by atoms with van der Waals surface area (Å²) in [5.41, 5.74) is 0.419. The van der Waals surface area contributed by atoms with E-state index in [-0.39, 0.29) is 11.8 Å². The minimum Gasteiger partial charge on any atom is -0.496 e. The van der Waals surface area contributed by atoms with Crippen LogP contribution in [0.15, 0.2) is 18.2 Å². The third-order valence-electron chi connectivity index (χ3n) is 2.78. The van der Waals surface area contributed by atoms with Gasteiger partial charge in [-0.05, 0) is 32.0 Å². The number of methoxy groups -OCH3 is 1. The summed E-state index contributed by atoms with van der Waals surface area (Å²) in [7, 11) is 1.51. The van der Waals surface area contributed by atoms with Gasteiger partial charge < -0.3 is 9.64 Å². The fraction of sp³-hybridized carbons (Fsp3) is 0.429. The van der Waals surface area contributed by atoms with Gasteiger partial charge in [-0.1, -0.05) is 11.6 Å². The molecule has 0 saturated heterocycles. The van der Waals surface area contributed by atoms with Gasteiger partial charge in [0.2, 0.25) is 0 Å². The Bertz CT molecular complexity index is 497. The second-order valence-electron chi connectivity index (χ2n) is 4.22. The summed E-state index contributed by atoms with van der Waals surface area (Å²) in [4.78, 5) is 14.1. The lowest BCUT2D eigenvalue weighted by Crippen LogP contribution is -2.34. The average molecular weight is 281 g/mol. The maximum Gasteiger partial charge on any atom is 0.257 e. The van der Waals surface area contributed by atoms with Crippen LogP contribution in [0.1, 0.15) is 24.2 Å². The molecule has 1 aromatic carbocycles. The molecule has 0 saturated carbocycles. The number of hydrogen-bond donors (Lipinski definition) is 0. The predicted octanol–water partition coefficient (Wildman–Crippen LogP) is 2.97. The van der Waals surface area contributed by atoms with Crippen LogP contribution in [-0.2, 0) is 0 Å². The van der Waals surface area contributed by atoms with Crippen molar-refractivity contribution in [1.82, 2.24) is 4.90 Å². The van der Waals surface area contributed by atoms with Gasteiger partial charge in [0.1, 0.15) is 5.75 Å². The van der Waals surface area contributed by atoms with E-state index < -0.39 is 0 Å². The molecule has 0 spiro atoms. The zero-order chi connectivity index (χ0) is 14.4. The zero-order valence-corrected chi connectivity index (χ0v) is 12.1. The van der Waals surface area contributed by atoms with E-state index in [0.717, 1.165) is 0 Å². The Hall–Kier alpha value is -1.73. The minimum absolute atomic E-state index is 0.177. The summed E-state index contributed by atoms with van der Waals surface area (Å²) in [6, 6.07) is 7.05. The Morgan fingerprint density at radius 1 is 1.58 bits per heavy atom. The average Bonchev–Trinajstić information content (AvgIpc) is 2.43. The molecule has 19 heavy (non-hydrogen) atoms. The van der Waals surface area contributed by atoms with Crippen LogP contribution in [0.5, 0.6) is 5.75 Å². The number of ether oxygens (including phenoxy) is 1. The first-order chi connectivity index (χ1) is 9.03. The fourth-order valence-electron chi connectivity index (χ4n) is 1.74. The van der Waals surface area contributed by atoms with Crippen LogP contribution in [-0.4, -0.2) is 31.0 Å². The molecule has 0 aromatic heterocycles. The highest BCUT2D eigenvalue weighted by Crippen LogP contribution is 2.24. The molecule has 0 bridgehead atoms. The molecule has 102 valence electrons. The van der Waals surface area contributed by atoms with Crippen molar-refractivity contribution >= 4 is 17.5 Å². The number of benzene rings is 1. The molecule has 0 radical (unpaired) electrons. The lowest BCUT2D eigenvalue weighted by atomic mass is 10.1. The Balaban J connectivity index is 3.03. The van der Waals surface area contributed by atoms with E-state index in [0.29, 0.717) is 29.4 Å². The number of halogens is 1. The summed E-state index contributed by atoms with van der Waals surface area (Å²) < 4.78 is 5.18. The highest BCUT2D eigenvalue weighted by Gasteiger charge is 2.20. The molecular weight excluding hydrogens is 264 g/mol. The molecule has 0 N–H and O–H groups in total. The topological polar surface area (TPSA) is 53.3 Å². The molecule has 0 fully saturated rings. The quantitative estimate of drug-likeness (QED) is 0.833. The van der Waals surface area contributed by atoms with Crippen molar-refractivity contribution in [2.75, 3.05) is 20.2 Å². The van der Waals surface area contributed by atoms with Gasteiger partial charge in [-0.3, -0.25) is 4.79 Å². The molecule has 0 aliphatic heterocycles. The number of rotatable bonds is 5. The number of carbonyl (C=O) groups is 1. The van der Waals surface area contributed by atoms with Crippen molar-refractivity contribution in [3.8, 4) is 11.8 Å². The van der Waals surface area contributed by atoms with Gasteiger partial charge in [-0.25, -0.2) is 0 Å². The van der Waals surface area contributed by atoms with E-state index in [4.69, 9.17) is 21.6 Å². The molecule has 1 rings (SSSR count). The maximum atomic E-state index is 12.4. The summed E-state index contributed by atoms with van der Waals surface area (Å²) in [5.74, 6) is 0.0930. The van der Waals surface area contributed by atoms with Crippen molar-refractivity contribution < 1.29 is 9.53 Å². The van der Waals surface area contributed by atoms with E-state index in [1.807, 2.05) is 6.92 Å². The van der Waals surface area contributed by atoms with Crippen molar-refractivity contribution in [1.29, 1.82) is 5.26 Å². The molecule has 1 amide bonds. The molecule has 5 heteroatoms. The van der Waals surface area contributed by atoms with Gasteiger partial charge in [0.05, 0.1) is 24.7 Å². The Labute approximate surface area is 118 Å². The highest BCUT2D eigenvalue weighted by molar-refractivity contribution is 6.31. The lowest BCUT2D eigenvalue weighted by Gasteiger charge is -2.23. The third-order valence-corrected chi connectivity index (χ3v) is 3.01. The Morgan fingerprint density at radius 2 is 2.26 bits per heavy atom. The van der Waals surface area contributed by atoms with Gasteiger partial charge in [0.25, 0.3) is 5.91 Å². The summed E-state index contributed by atoms with van der Waals surface area (Å²) in [5, 5.41) is 9.32. The summed E-state index contributed by atoms with van der Waals surface area (Å²) >= 11 is 5.92. The first-order valence-corrected chi connectivity index (χ1v) is 6.43. The summed E-state index contributed by atoms with van der Waals surface area (Å²) in [6.07, 6.45) is 0. The lowest BCUT2D eigenvalue weighted by molar-refractivity contribution is 0.0749. The van der Waals surface area contributed by atoms with Gasteiger partial charge in [-0.2, -0.15) is 5.26 Å². The van der Waals surface area contributed by atoms with Crippen LogP contribution in [0.3, 0.4) is 0 Å². The largest absolute Gasteiger partial charge is 0.496 e. The SMILES string of the molecule is CCN(CC(C)C#N)C(=O)c1cc(Cl)ccc1OC. The number of nitriles is 1. The second-order valence-corrected chi connectivity index (χ2v) is 4.65. The van der Waals surface area contributed by atoms with Gasteiger partial charge in [0, 0.05) is 18.1 Å². The van der Waals surface area contributed by atoms with Gasteiger partial charge >= 0.3 is 0 Å².